The van der Waals surface area contributed by atoms with Crippen molar-refractivity contribution in [3.05, 3.63) is 84.9 Å². The summed E-state index contributed by atoms with van der Waals surface area (Å²) in [6, 6.07) is 28.1. The molecule has 0 amide bonds. The standard InChI is InChI=1S/C21H23OPSi/c1-24(2,3)21-16-14-20(15-17-21)23(22,18-10-6-4-7-11-18)19-12-8-5-9-13-19/h4-17H,1-3H3. The molecule has 3 rings (SSSR count). The molecule has 0 spiro atoms. The summed E-state index contributed by atoms with van der Waals surface area (Å²) in [4.78, 5) is 0. The number of hydrogen-bond acceptors (Lipinski definition) is 1. The Morgan fingerprint density at radius 3 is 1.33 bits per heavy atom. The summed E-state index contributed by atoms with van der Waals surface area (Å²) < 4.78 is 14.2. The molecule has 0 saturated carbocycles. The van der Waals surface area contributed by atoms with Crippen molar-refractivity contribution in [2.45, 2.75) is 19.6 Å². The van der Waals surface area contributed by atoms with E-state index in [2.05, 4.69) is 43.9 Å². The smallest absolute Gasteiger partial charge is 0.171 e. The first-order valence-electron chi connectivity index (χ1n) is 8.25. The van der Waals surface area contributed by atoms with Crippen LogP contribution in [0.4, 0.5) is 0 Å². The predicted molar refractivity (Wildman–Crippen MR) is 109 cm³/mol. The Morgan fingerprint density at radius 1 is 0.583 bits per heavy atom. The Hall–Kier alpha value is -1.89. The quantitative estimate of drug-likeness (QED) is 0.516. The second kappa shape index (κ2) is 6.55. The van der Waals surface area contributed by atoms with Gasteiger partial charge in [-0.15, -0.1) is 0 Å². The molecule has 0 fully saturated rings. The first kappa shape index (κ1) is 16.9. The minimum atomic E-state index is -2.83. The van der Waals surface area contributed by atoms with Crippen molar-refractivity contribution in [1.82, 2.24) is 0 Å². The summed E-state index contributed by atoms with van der Waals surface area (Å²) in [5, 5.41) is 4.06. The molecule has 0 aromatic heterocycles. The van der Waals surface area contributed by atoms with Gasteiger partial charge in [0.25, 0.3) is 0 Å². The minimum Gasteiger partial charge on any atom is -0.309 e. The van der Waals surface area contributed by atoms with Gasteiger partial charge in [-0.2, -0.15) is 0 Å². The zero-order chi connectivity index (χ0) is 17.2. The Morgan fingerprint density at radius 2 is 0.958 bits per heavy atom. The summed E-state index contributed by atoms with van der Waals surface area (Å²) in [5.41, 5.74) is 0. The molecule has 0 N–H and O–H groups in total. The highest BCUT2D eigenvalue weighted by molar-refractivity contribution is 7.85. The van der Waals surface area contributed by atoms with Crippen molar-refractivity contribution in [2.75, 3.05) is 0 Å². The fourth-order valence-electron chi connectivity index (χ4n) is 2.89. The maximum Gasteiger partial charge on any atom is 0.171 e. The van der Waals surface area contributed by atoms with Crippen LogP contribution in [0.15, 0.2) is 84.9 Å². The van der Waals surface area contributed by atoms with E-state index in [9.17, 15) is 4.57 Å². The maximum atomic E-state index is 14.2. The SMILES string of the molecule is C[Si](C)(C)c1ccc(P(=O)(c2ccccc2)c2ccccc2)cc1. The van der Waals surface area contributed by atoms with Crippen LogP contribution in [0.5, 0.6) is 0 Å². The summed E-state index contributed by atoms with van der Waals surface area (Å²) >= 11 is 0. The van der Waals surface area contributed by atoms with Gasteiger partial charge in [-0.05, 0) is 0 Å². The summed E-state index contributed by atoms with van der Waals surface area (Å²) in [5.74, 6) is 0. The van der Waals surface area contributed by atoms with Gasteiger partial charge < -0.3 is 4.57 Å². The Balaban J connectivity index is 2.18. The molecular formula is C21H23OPSi. The second-order valence-corrected chi connectivity index (χ2v) is 14.9. The zero-order valence-corrected chi connectivity index (χ0v) is 16.3. The normalized spacial score (nSPS) is 12.1. The van der Waals surface area contributed by atoms with Gasteiger partial charge in [0.2, 0.25) is 0 Å². The van der Waals surface area contributed by atoms with Crippen molar-refractivity contribution in [3.63, 3.8) is 0 Å². The molecular weight excluding hydrogens is 327 g/mol. The lowest BCUT2D eigenvalue weighted by Gasteiger charge is -2.22. The van der Waals surface area contributed by atoms with Crippen molar-refractivity contribution < 1.29 is 4.57 Å². The van der Waals surface area contributed by atoms with Gasteiger partial charge in [-0.25, -0.2) is 0 Å². The fourth-order valence-corrected chi connectivity index (χ4v) is 6.71. The lowest BCUT2D eigenvalue weighted by Crippen LogP contribution is -2.38. The molecule has 0 aliphatic carbocycles. The van der Waals surface area contributed by atoms with Gasteiger partial charge >= 0.3 is 0 Å². The van der Waals surface area contributed by atoms with Gasteiger partial charge in [0.15, 0.2) is 7.14 Å². The van der Waals surface area contributed by atoms with Gasteiger partial charge in [0, 0.05) is 15.9 Å². The van der Waals surface area contributed by atoms with Crippen molar-refractivity contribution in [3.8, 4) is 0 Å². The lowest BCUT2D eigenvalue weighted by atomic mass is 10.3. The first-order valence-corrected chi connectivity index (χ1v) is 13.5. The Bertz CT molecular complexity index is 806. The van der Waals surface area contributed by atoms with E-state index in [-0.39, 0.29) is 0 Å². The molecule has 0 aliphatic heterocycles. The van der Waals surface area contributed by atoms with Crippen molar-refractivity contribution >= 4 is 36.3 Å². The van der Waals surface area contributed by atoms with Gasteiger partial charge in [0.1, 0.15) is 0 Å². The van der Waals surface area contributed by atoms with E-state index in [1.165, 1.54) is 5.19 Å². The first-order chi connectivity index (χ1) is 11.4. The van der Waals surface area contributed by atoms with Gasteiger partial charge in [-0.3, -0.25) is 0 Å². The molecule has 3 heteroatoms. The van der Waals surface area contributed by atoms with E-state index >= 15 is 0 Å². The molecule has 0 bridgehead atoms. The molecule has 3 aromatic rings. The van der Waals surface area contributed by atoms with E-state index in [0.717, 1.165) is 15.9 Å². The van der Waals surface area contributed by atoms with Crippen LogP contribution in [0, 0.1) is 0 Å². The summed E-state index contributed by atoms with van der Waals surface area (Å²) in [6.45, 7) is 6.99. The highest BCUT2D eigenvalue weighted by atomic mass is 31.2. The highest BCUT2D eigenvalue weighted by Crippen LogP contribution is 2.41. The minimum absolute atomic E-state index is 0.886. The van der Waals surface area contributed by atoms with Crippen LogP contribution in [0.3, 0.4) is 0 Å². The van der Waals surface area contributed by atoms with Crippen LogP contribution < -0.4 is 21.1 Å². The molecule has 0 radical (unpaired) electrons. The molecule has 1 nitrogen and oxygen atoms in total. The monoisotopic (exact) mass is 350 g/mol. The summed E-state index contributed by atoms with van der Waals surface area (Å²) in [6.07, 6.45) is 0. The van der Waals surface area contributed by atoms with Crippen LogP contribution >= 0.6 is 7.14 Å². The molecule has 0 heterocycles. The van der Waals surface area contributed by atoms with E-state index in [4.69, 9.17) is 0 Å². The molecule has 0 atom stereocenters. The van der Waals surface area contributed by atoms with Crippen LogP contribution in [0.2, 0.25) is 19.6 Å². The average molecular weight is 350 g/mol. The van der Waals surface area contributed by atoms with Crippen LogP contribution in [0.1, 0.15) is 0 Å². The second-order valence-electron chi connectivity index (χ2n) is 7.08. The predicted octanol–water partition coefficient (Wildman–Crippen LogP) is 3.87. The van der Waals surface area contributed by atoms with Crippen LogP contribution in [-0.2, 0) is 4.57 Å². The van der Waals surface area contributed by atoms with E-state index in [1.807, 2.05) is 60.7 Å². The summed E-state index contributed by atoms with van der Waals surface area (Å²) in [7, 11) is -4.20. The molecule has 24 heavy (non-hydrogen) atoms. The molecule has 0 unspecified atom stereocenters. The highest BCUT2D eigenvalue weighted by Gasteiger charge is 2.29. The third-order valence-corrected chi connectivity index (χ3v) is 9.48. The third-order valence-electron chi connectivity index (χ3n) is 4.34. The topological polar surface area (TPSA) is 17.1 Å². The number of benzene rings is 3. The molecule has 3 aromatic carbocycles. The van der Waals surface area contributed by atoms with Crippen LogP contribution in [-0.4, -0.2) is 8.07 Å². The van der Waals surface area contributed by atoms with E-state index < -0.39 is 15.2 Å². The number of hydrogen-bond donors (Lipinski definition) is 0. The molecule has 122 valence electrons. The average Bonchev–Trinajstić information content (AvgIpc) is 2.62. The fraction of sp³-hybridized carbons (Fsp3) is 0.143. The van der Waals surface area contributed by atoms with Gasteiger partial charge in [-0.1, -0.05) is 110 Å². The molecule has 0 saturated heterocycles. The zero-order valence-electron chi connectivity index (χ0n) is 14.4. The Kier molecular flexibility index (Phi) is 4.62. The van der Waals surface area contributed by atoms with Gasteiger partial charge in [0.05, 0.1) is 8.07 Å². The van der Waals surface area contributed by atoms with E-state index in [1.54, 1.807) is 0 Å². The van der Waals surface area contributed by atoms with Crippen LogP contribution in [0.25, 0.3) is 0 Å². The maximum absolute atomic E-state index is 14.2. The Labute approximate surface area is 145 Å². The number of rotatable bonds is 4. The lowest BCUT2D eigenvalue weighted by molar-refractivity contribution is 0.592. The third kappa shape index (κ3) is 3.17. The van der Waals surface area contributed by atoms with E-state index in [0.29, 0.717) is 0 Å². The van der Waals surface area contributed by atoms with Crippen molar-refractivity contribution in [1.29, 1.82) is 0 Å². The molecule has 0 aliphatic rings. The van der Waals surface area contributed by atoms with Crippen molar-refractivity contribution in [2.24, 2.45) is 0 Å². The largest absolute Gasteiger partial charge is 0.309 e.